The molecule has 1 aromatic rings. The van der Waals surface area contributed by atoms with E-state index in [0.717, 1.165) is 38.3 Å². The van der Waals surface area contributed by atoms with Crippen LogP contribution >= 0.6 is 0 Å². The van der Waals surface area contributed by atoms with Crippen molar-refractivity contribution < 1.29 is 9.66 Å². The Morgan fingerprint density at radius 3 is 2.53 bits per heavy atom. The predicted molar refractivity (Wildman–Crippen MR) is 65.1 cm³/mol. The Morgan fingerprint density at radius 1 is 1.29 bits per heavy atom. The van der Waals surface area contributed by atoms with Gasteiger partial charge in [0.25, 0.3) is 5.69 Å². The Labute approximate surface area is 99.9 Å². The lowest BCUT2D eigenvalue weighted by Gasteiger charge is -2.22. The zero-order chi connectivity index (χ0) is 12.1. The predicted octanol–water partition coefficient (Wildman–Crippen LogP) is 2.43. The number of ether oxygens (including phenoxy) is 1. The maximum Gasteiger partial charge on any atom is 0.269 e. The number of hydrogen-bond donors (Lipinski definition) is 1. The first-order valence-electron chi connectivity index (χ1n) is 5.82. The molecule has 17 heavy (non-hydrogen) atoms. The van der Waals surface area contributed by atoms with Gasteiger partial charge in [-0.3, -0.25) is 10.1 Å². The highest BCUT2D eigenvalue weighted by Crippen LogP contribution is 2.18. The second-order valence-electron chi connectivity index (χ2n) is 4.24. The molecule has 1 aliphatic rings. The summed E-state index contributed by atoms with van der Waals surface area (Å²) < 4.78 is 5.29. The van der Waals surface area contributed by atoms with Crippen LogP contribution in [-0.2, 0) is 4.74 Å². The molecule has 92 valence electrons. The molecule has 0 unspecified atom stereocenters. The van der Waals surface area contributed by atoms with Crippen molar-refractivity contribution in [2.24, 2.45) is 5.92 Å². The van der Waals surface area contributed by atoms with Crippen molar-refractivity contribution in [3.8, 4) is 0 Å². The van der Waals surface area contributed by atoms with E-state index in [1.54, 1.807) is 12.1 Å². The summed E-state index contributed by atoms with van der Waals surface area (Å²) in [5.74, 6) is 0.638. The Balaban J connectivity index is 1.84. The molecule has 0 amide bonds. The molecule has 0 bridgehead atoms. The van der Waals surface area contributed by atoms with E-state index in [1.807, 2.05) is 0 Å². The van der Waals surface area contributed by atoms with Gasteiger partial charge in [0.2, 0.25) is 0 Å². The molecule has 0 aliphatic carbocycles. The average Bonchev–Trinajstić information content (AvgIpc) is 2.38. The minimum Gasteiger partial charge on any atom is -0.385 e. The third-order valence-electron chi connectivity index (χ3n) is 3.01. The molecule has 0 spiro atoms. The third kappa shape index (κ3) is 3.42. The zero-order valence-electron chi connectivity index (χ0n) is 9.59. The lowest BCUT2D eigenvalue weighted by Crippen LogP contribution is -2.22. The van der Waals surface area contributed by atoms with Crippen molar-refractivity contribution in [2.75, 3.05) is 25.1 Å². The molecular weight excluding hydrogens is 220 g/mol. The molecule has 5 heteroatoms. The fraction of sp³-hybridized carbons (Fsp3) is 0.500. The maximum atomic E-state index is 10.5. The molecular formula is C12H16N2O3. The molecule has 0 atom stereocenters. The van der Waals surface area contributed by atoms with Crippen LogP contribution in [0.25, 0.3) is 0 Å². The molecule has 1 N–H and O–H groups in total. The van der Waals surface area contributed by atoms with Crippen LogP contribution in [0.2, 0.25) is 0 Å². The molecule has 2 rings (SSSR count). The van der Waals surface area contributed by atoms with Crippen LogP contribution in [-0.4, -0.2) is 24.7 Å². The fourth-order valence-corrected chi connectivity index (χ4v) is 1.91. The third-order valence-corrected chi connectivity index (χ3v) is 3.01. The Bertz CT molecular complexity index is 372. The zero-order valence-corrected chi connectivity index (χ0v) is 9.59. The van der Waals surface area contributed by atoms with Gasteiger partial charge in [0.05, 0.1) is 4.92 Å². The molecule has 1 aliphatic heterocycles. The molecule has 1 saturated heterocycles. The number of nitrogens with one attached hydrogen (secondary N) is 1. The van der Waals surface area contributed by atoms with Gasteiger partial charge < -0.3 is 10.1 Å². The number of nitrogens with zero attached hydrogens (tertiary/aromatic N) is 1. The summed E-state index contributed by atoms with van der Waals surface area (Å²) in [6.45, 7) is 2.58. The Kier molecular flexibility index (Phi) is 3.93. The average molecular weight is 236 g/mol. The normalized spacial score (nSPS) is 16.7. The van der Waals surface area contributed by atoms with Gasteiger partial charge in [0.1, 0.15) is 0 Å². The second-order valence-corrected chi connectivity index (χ2v) is 4.24. The van der Waals surface area contributed by atoms with Crippen LogP contribution < -0.4 is 5.32 Å². The van der Waals surface area contributed by atoms with E-state index < -0.39 is 0 Å². The monoisotopic (exact) mass is 236 g/mol. The highest BCUT2D eigenvalue weighted by molar-refractivity contribution is 5.48. The number of nitro groups is 1. The number of non-ortho nitro benzene ring substituents is 1. The molecule has 0 radical (unpaired) electrons. The van der Waals surface area contributed by atoms with E-state index in [4.69, 9.17) is 4.74 Å². The topological polar surface area (TPSA) is 64.4 Å². The van der Waals surface area contributed by atoms with Gasteiger partial charge in [0, 0.05) is 37.6 Å². The van der Waals surface area contributed by atoms with Crippen molar-refractivity contribution in [1.29, 1.82) is 0 Å². The number of anilines is 1. The van der Waals surface area contributed by atoms with Crippen LogP contribution in [0.3, 0.4) is 0 Å². The van der Waals surface area contributed by atoms with Crippen molar-refractivity contribution in [2.45, 2.75) is 12.8 Å². The summed E-state index contributed by atoms with van der Waals surface area (Å²) in [5, 5.41) is 13.8. The van der Waals surface area contributed by atoms with Gasteiger partial charge in [-0.1, -0.05) is 0 Å². The first-order chi connectivity index (χ1) is 8.25. The minimum atomic E-state index is -0.387. The summed E-state index contributed by atoms with van der Waals surface area (Å²) in [7, 11) is 0. The number of rotatable bonds is 4. The van der Waals surface area contributed by atoms with Gasteiger partial charge in [-0.2, -0.15) is 0 Å². The number of benzene rings is 1. The van der Waals surface area contributed by atoms with Gasteiger partial charge in [0.15, 0.2) is 0 Å². The molecule has 1 fully saturated rings. The Hall–Kier alpha value is -1.62. The van der Waals surface area contributed by atoms with Crippen molar-refractivity contribution in [1.82, 2.24) is 0 Å². The van der Waals surface area contributed by atoms with E-state index in [-0.39, 0.29) is 10.6 Å². The Morgan fingerprint density at radius 2 is 1.94 bits per heavy atom. The summed E-state index contributed by atoms with van der Waals surface area (Å²) in [6, 6.07) is 6.54. The largest absolute Gasteiger partial charge is 0.385 e. The standard InChI is InChI=1S/C12H16N2O3/c15-14(16)12-3-1-11(2-4-12)13-9-10-5-7-17-8-6-10/h1-4,10,13H,5-9H2. The van der Waals surface area contributed by atoms with Crippen molar-refractivity contribution in [3.63, 3.8) is 0 Å². The van der Waals surface area contributed by atoms with E-state index in [1.165, 1.54) is 12.1 Å². The first kappa shape index (κ1) is 11.9. The fourth-order valence-electron chi connectivity index (χ4n) is 1.91. The first-order valence-corrected chi connectivity index (χ1v) is 5.82. The van der Waals surface area contributed by atoms with E-state index >= 15 is 0 Å². The molecule has 0 aromatic heterocycles. The molecule has 5 nitrogen and oxygen atoms in total. The van der Waals surface area contributed by atoms with Gasteiger partial charge in [-0.05, 0) is 30.9 Å². The highest BCUT2D eigenvalue weighted by atomic mass is 16.6. The summed E-state index contributed by atoms with van der Waals surface area (Å²) >= 11 is 0. The molecule has 1 aromatic carbocycles. The van der Waals surface area contributed by atoms with Crippen LogP contribution in [0.5, 0.6) is 0 Å². The summed E-state index contributed by atoms with van der Waals surface area (Å²) in [6.07, 6.45) is 2.17. The summed E-state index contributed by atoms with van der Waals surface area (Å²) in [5.41, 5.74) is 1.06. The van der Waals surface area contributed by atoms with Crippen LogP contribution in [0, 0.1) is 16.0 Å². The van der Waals surface area contributed by atoms with Crippen LogP contribution in [0.15, 0.2) is 24.3 Å². The lowest BCUT2D eigenvalue weighted by atomic mass is 10.0. The van der Waals surface area contributed by atoms with Crippen molar-refractivity contribution >= 4 is 11.4 Å². The van der Waals surface area contributed by atoms with Gasteiger partial charge in [-0.15, -0.1) is 0 Å². The second kappa shape index (κ2) is 5.63. The molecule has 1 heterocycles. The van der Waals surface area contributed by atoms with Crippen molar-refractivity contribution in [3.05, 3.63) is 34.4 Å². The van der Waals surface area contributed by atoms with E-state index in [2.05, 4.69) is 5.32 Å². The summed E-state index contributed by atoms with van der Waals surface area (Å²) in [4.78, 5) is 10.1. The van der Waals surface area contributed by atoms with Gasteiger partial charge in [-0.25, -0.2) is 0 Å². The minimum absolute atomic E-state index is 0.126. The lowest BCUT2D eigenvalue weighted by molar-refractivity contribution is -0.384. The van der Waals surface area contributed by atoms with Crippen LogP contribution in [0.1, 0.15) is 12.8 Å². The van der Waals surface area contributed by atoms with Crippen LogP contribution in [0.4, 0.5) is 11.4 Å². The van der Waals surface area contributed by atoms with E-state index in [0.29, 0.717) is 5.92 Å². The number of nitro benzene ring substituents is 1. The molecule has 0 saturated carbocycles. The number of hydrogen-bond acceptors (Lipinski definition) is 4. The maximum absolute atomic E-state index is 10.5. The highest BCUT2D eigenvalue weighted by Gasteiger charge is 2.13. The van der Waals surface area contributed by atoms with E-state index in [9.17, 15) is 10.1 Å². The SMILES string of the molecule is O=[N+]([O-])c1ccc(NCC2CCOCC2)cc1. The quantitative estimate of drug-likeness (QED) is 0.644. The van der Waals surface area contributed by atoms with Gasteiger partial charge >= 0.3 is 0 Å². The smallest absolute Gasteiger partial charge is 0.269 e.